The monoisotopic (exact) mass is 1040 g/mol. The quantitative estimate of drug-likeness (QED) is 0.0482. The first-order valence-corrected chi connectivity index (χ1v) is 28.8. The minimum atomic E-state index is -0.765. The Labute approximate surface area is 429 Å². The zero-order valence-corrected chi connectivity index (χ0v) is 44.1. The molecule has 6 aromatic rings. The number of benzene rings is 4. The van der Waals surface area contributed by atoms with Crippen molar-refractivity contribution in [1.29, 1.82) is 0 Å². The van der Waals surface area contributed by atoms with Gasteiger partial charge in [0.25, 0.3) is 0 Å². The van der Waals surface area contributed by atoms with Crippen molar-refractivity contribution in [3.05, 3.63) is 120 Å². The van der Waals surface area contributed by atoms with Gasteiger partial charge in [-0.2, -0.15) is 10.0 Å². The fraction of sp³-hybridized carbons (Fsp3) is 0.333. The first kappa shape index (κ1) is 50.4. The van der Waals surface area contributed by atoms with Gasteiger partial charge in [0.05, 0.1) is 38.3 Å². The van der Waals surface area contributed by atoms with E-state index in [-0.39, 0.29) is 45.9 Å². The molecule has 2 aliphatic rings. The lowest BCUT2D eigenvalue weighted by Gasteiger charge is -2.36. The summed E-state index contributed by atoms with van der Waals surface area (Å²) in [4.78, 5) is 75.0. The molecule has 360 valence electrons. The van der Waals surface area contributed by atoms with Crippen LogP contribution in [0.3, 0.4) is 0 Å². The third-order valence-corrected chi connectivity index (χ3v) is 18.5. The van der Waals surface area contributed by atoms with E-state index >= 15 is 9.59 Å². The van der Waals surface area contributed by atoms with E-state index in [0.29, 0.717) is 53.2 Å². The molecule has 0 radical (unpaired) electrons. The van der Waals surface area contributed by atoms with Crippen LogP contribution in [0.25, 0.3) is 0 Å². The fourth-order valence-electron chi connectivity index (χ4n) is 8.55. The number of hydrogen-bond donors (Lipinski definition) is 2. The Morgan fingerprint density at radius 1 is 0.623 bits per heavy atom. The fourth-order valence-corrected chi connectivity index (χ4v) is 13.9. The zero-order valence-electron chi connectivity index (χ0n) is 39.2. The molecule has 2 aromatic heterocycles. The number of thiazole rings is 2. The molecule has 2 fully saturated rings. The van der Waals surface area contributed by atoms with Crippen molar-refractivity contribution in [2.75, 3.05) is 59.3 Å². The molecule has 8 rings (SSSR count). The number of methoxy groups -OCH3 is 1. The second-order valence-electron chi connectivity index (χ2n) is 16.8. The second kappa shape index (κ2) is 23.8. The summed E-state index contributed by atoms with van der Waals surface area (Å²) in [5.41, 5.74) is 3.16. The van der Waals surface area contributed by atoms with E-state index in [0.717, 1.165) is 61.0 Å². The molecular formula is C51H55N7O5S6. The maximum absolute atomic E-state index is 15.7. The van der Waals surface area contributed by atoms with Crippen molar-refractivity contribution in [2.45, 2.75) is 81.1 Å². The summed E-state index contributed by atoms with van der Waals surface area (Å²) in [7, 11) is 5.31. The summed E-state index contributed by atoms with van der Waals surface area (Å²) in [5, 5.41) is 9.13. The SMILES string of the molecule is COc1ccc(N(C(=O)Nc2nc(CSc3ccccc3)c(SC)s2)N(C(=O)Nc2nc(CSc3ccccc3)c(SC)s2)c2ccc(N(C)C)cc2C(=O)C2CCCC2)c(C(=O)C2CCCC2)c1. The summed E-state index contributed by atoms with van der Waals surface area (Å²) in [5.74, 6) is 0.705. The number of ketones is 2. The summed E-state index contributed by atoms with van der Waals surface area (Å²) >= 11 is 9.04. The van der Waals surface area contributed by atoms with Gasteiger partial charge in [0.2, 0.25) is 0 Å². The number of anilines is 5. The van der Waals surface area contributed by atoms with Crippen LogP contribution in [0.2, 0.25) is 0 Å². The highest BCUT2D eigenvalue weighted by atomic mass is 32.2. The number of carbonyl (C=O) groups is 4. The van der Waals surface area contributed by atoms with Gasteiger partial charge in [-0.05, 0) is 98.9 Å². The summed E-state index contributed by atoms with van der Waals surface area (Å²) in [6, 6.07) is 28.9. The number of ether oxygens (including phenoxy) is 1. The minimum Gasteiger partial charge on any atom is -0.497 e. The Balaban J connectivity index is 1.28. The number of rotatable bonds is 18. The molecule has 0 bridgehead atoms. The highest BCUT2D eigenvalue weighted by molar-refractivity contribution is 8.01. The van der Waals surface area contributed by atoms with Crippen LogP contribution < -0.4 is 30.3 Å². The number of Topliss-reactive ketones (excluding diaryl/α,β-unsaturated/α-hetero) is 2. The van der Waals surface area contributed by atoms with Crippen molar-refractivity contribution in [1.82, 2.24) is 9.97 Å². The molecule has 0 unspecified atom stereocenters. The van der Waals surface area contributed by atoms with Crippen LogP contribution in [0.1, 0.15) is 83.5 Å². The van der Waals surface area contributed by atoms with Gasteiger partial charge in [0, 0.05) is 64.0 Å². The van der Waals surface area contributed by atoms with Crippen LogP contribution in [-0.2, 0) is 11.5 Å². The molecule has 69 heavy (non-hydrogen) atoms. The van der Waals surface area contributed by atoms with Gasteiger partial charge in [-0.3, -0.25) is 20.2 Å². The van der Waals surface area contributed by atoms with Gasteiger partial charge in [-0.25, -0.2) is 19.6 Å². The van der Waals surface area contributed by atoms with Crippen molar-refractivity contribution in [3.63, 3.8) is 0 Å². The number of aromatic nitrogens is 2. The van der Waals surface area contributed by atoms with Crippen LogP contribution >= 0.6 is 69.7 Å². The standard InChI is InChI=1S/C51H55N7O5S6/c1-56(2)34-24-26-42(38(28-34)44(59)32-16-12-13-17-32)57(50(61)54-48-52-40(46(64-4)68-48)30-66-36-20-8-6-9-21-36)58(43-27-25-35(63-3)29-39(43)45(60)33-18-14-15-19-33)51(62)55-49-53-41(47(65-5)69-49)31-67-37-22-10-7-11-23-37/h6-11,20-29,32-33H,12-19,30-31H2,1-5H3,(H,52,54,61)(H,53,55,62). The van der Waals surface area contributed by atoms with E-state index in [1.54, 1.807) is 65.6 Å². The third kappa shape index (κ3) is 12.1. The number of carbonyl (C=O) groups excluding carboxylic acids is 4. The smallest absolute Gasteiger partial charge is 0.347 e. The summed E-state index contributed by atoms with van der Waals surface area (Å²) in [6.45, 7) is 0. The zero-order chi connectivity index (χ0) is 48.4. The van der Waals surface area contributed by atoms with Gasteiger partial charge in [0.1, 0.15) is 5.75 Å². The first-order valence-electron chi connectivity index (χ1n) is 22.8. The molecule has 4 amide bonds. The average Bonchev–Trinajstić information content (AvgIpc) is 4.23. The van der Waals surface area contributed by atoms with E-state index in [2.05, 4.69) is 10.6 Å². The molecule has 2 heterocycles. The second-order valence-corrected chi connectivity index (χ2v) is 23.0. The highest BCUT2D eigenvalue weighted by Gasteiger charge is 2.39. The largest absolute Gasteiger partial charge is 0.497 e. The molecule has 4 aromatic carbocycles. The number of hydrogen-bond acceptors (Lipinski definition) is 14. The van der Waals surface area contributed by atoms with Crippen molar-refractivity contribution < 1.29 is 23.9 Å². The molecular weight excluding hydrogens is 983 g/mol. The Morgan fingerprint density at radius 3 is 1.48 bits per heavy atom. The molecule has 2 aliphatic carbocycles. The van der Waals surface area contributed by atoms with Crippen LogP contribution in [0, 0.1) is 11.8 Å². The lowest BCUT2D eigenvalue weighted by atomic mass is 9.94. The number of thioether (sulfide) groups is 4. The normalized spacial score (nSPS) is 13.9. The molecule has 2 saturated carbocycles. The minimum absolute atomic E-state index is 0.120. The summed E-state index contributed by atoms with van der Waals surface area (Å²) in [6.07, 6.45) is 10.4. The molecule has 0 spiro atoms. The van der Waals surface area contributed by atoms with Crippen molar-refractivity contribution in [3.8, 4) is 5.75 Å². The molecule has 2 N–H and O–H groups in total. The van der Waals surface area contributed by atoms with Crippen LogP contribution in [0.4, 0.5) is 36.9 Å². The number of nitrogens with one attached hydrogen (secondary N) is 2. The Morgan fingerprint density at radius 2 is 1.06 bits per heavy atom. The van der Waals surface area contributed by atoms with E-state index in [4.69, 9.17) is 14.7 Å². The van der Waals surface area contributed by atoms with Crippen LogP contribution in [0.5, 0.6) is 5.75 Å². The van der Waals surface area contributed by atoms with E-state index < -0.39 is 12.1 Å². The van der Waals surface area contributed by atoms with Gasteiger partial charge < -0.3 is 9.64 Å². The van der Waals surface area contributed by atoms with E-state index in [1.165, 1.54) is 51.6 Å². The lowest BCUT2D eigenvalue weighted by molar-refractivity contribution is 0.0915. The van der Waals surface area contributed by atoms with Crippen LogP contribution in [-0.4, -0.2) is 67.3 Å². The maximum atomic E-state index is 15.7. The maximum Gasteiger partial charge on any atom is 0.347 e. The Bertz CT molecular complexity index is 2760. The lowest BCUT2D eigenvalue weighted by Crippen LogP contribution is -2.55. The Kier molecular flexibility index (Phi) is 17.4. The predicted molar refractivity (Wildman–Crippen MR) is 289 cm³/mol. The van der Waals surface area contributed by atoms with Crippen LogP contribution in [0.15, 0.2) is 115 Å². The number of urea groups is 2. The summed E-state index contributed by atoms with van der Waals surface area (Å²) < 4.78 is 7.54. The highest BCUT2D eigenvalue weighted by Crippen LogP contribution is 2.42. The topological polar surface area (TPSA) is 137 Å². The Hall–Kier alpha value is -4.98. The predicted octanol–water partition coefficient (Wildman–Crippen LogP) is 14.1. The van der Waals surface area contributed by atoms with Gasteiger partial charge in [-0.15, -0.1) is 47.0 Å². The molecule has 18 heteroatoms. The van der Waals surface area contributed by atoms with Crippen molar-refractivity contribution >= 4 is 121 Å². The van der Waals surface area contributed by atoms with Crippen molar-refractivity contribution in [2.24, 2.45) is 11.8 Å². The van der Waals surface area contributed by atoms with Gasteiger partial charge in [-0.1, -0.05) is 84.8 Å². The molecule has 12 nitrogen and oxygen atoms in total. The first-order chi connectivity index (χ1) is 33.5. The van der Waals surface area contributed by atoms with E-state index in [9.17, 15) is 9.59 Å². The molecule has 0 aliphatic heterocycles. The molecule has 0 atom stereocenters. The molecule has 0 saturated heterocycles. The number of hydrazine groups is 1. The van der Waals surface area contributed by atoms with Gasteiger partial charge >= 0.3 is 12.1 Å². The van der Waals surface area contributed by atoms with E-state index in [1.807, 2.05) is 98.2 Å². The number of amides is 4. The van der Waals surface area contributed by atoms with Gasteiger partial charge in [0.15, 0.2) is 21.8 Å². The average molecular weight is 1040 g/mol. The third-order valence-electron chi connectivity index (χ3n) is 12.1. The number of nitrogens with zero attached hydrogens (tertiary/aromatic N) is 5.